The Morgan fingerprint density at radius 3 is 2.19 bits per heavy atom. The molecule has 31 heavy (non-hydrogen) atoms. The first-order valence-corrected chi connectivity index (χ1v) is 11.5. The normalized spacial score (nSPS) is 12.1. The van der Waals surface area contributed by atoms with Gasteiger partial charge in [-0.3, -0.25) is 14.1 Å². The van der Waals surface area contributed by atoms with Crippen molar-refractivity contribution < 1.29 is 13.5 Å². The lowest BCUT2D eigenvalue weighted by molar-refractivity contribution is 0.488. The Hall–Kier alpha value is -3.11. The van der Waals surface area contributed by atoms with Crippen LogP contribution in [0, 0.1) is 0 Å². The van der Waals surface area contributed by atoms with Crippen molar-refractivity contribution in [3.8, 4) is 34.3 Å². The Morgan fingerprint density at radius 1 is 0.871 bits per heavy atom. The molecule has 0 fully saturated rings. The monoisotopic (exact) mass is 437 g/mol. The molecule has 0 aliphatic heterocycles. The molecule has 0 bridgehead atoms. The zero-order valence-electron chi connectivity index (χ0n) is 17.2. The molecule has 0 unspecified atom stereocenters. The third-order valence-corrected chi connectivity index (χ3v) is 6.62. The molecule has 3 N–H and O–H groups in total. The Morgan fingerprint density at radius 2 is 1.52 bits per heavy atom. The van der Waals surface area contributed by atoms with E-state index in [0.717, 1.165) is 23.2 Å². The first-order chi connectivity index (χ1) is 15.0. The van der Waals surface area contributed by atoms with E-state index in [2.05, 4.69) is 25.5 Å². The molecule has 0 aliphatic rings. The summed E-state index contributed by atoms with van der Waals surface area (Å²) in [5.41, 5.74) is 3.87. The highest BCUT2D eigenvalue weighted by atomic mass is 32.3. The van der Waals surface area contributed by atoms with Crippen molar-refractivity contribution in [2.75, 3.05) is 12.8 Å². The van der Waals surface area contributed by atoms with Gasteiger partial charge in [0, 0.05) is 23.4 Å². The van der Waals surface area contributed by atoms with Crippen molar-refractivity contribution in [1.29, 1.82) is 0 Å². The number of nitrogens with zero attached hydrogens (tertiary/aromatic N) is 4. The molecule has 8 nitrogen and oxygen atoms in total. The minimum Gasteiger partial charge on any atom is -0.415 e. The van der Waals surface area contributed by atoms with Crippen LogP contribution in [0.3, 0.4) is 0 Å². The van der Waals surface area contributed by atoms with Gasteiger partial charge in [-0.05, 0) is 43.8 Å². The van der Waals surface area contributed by atoms with Gasteiger partial charge in [-0.2, -0.15) is 10.6 Å². The molecule has 0 aliphatic carbocycles. The second kappa shape index (κ2) is 8.94. The molecule has 4 aromatic rings. The van der Waals surface area contributed by atoms with Gasteiger partial charge in [0.25, 0.3) is 5.89 Å². The molecule has 4 rings (SSSR count). The van der Waals surface area contributed by atoms with Crippen LogP contribution in [-0.4, -0.2) is 42.1 Å². The van der Waals surface area contributed by atoms with Gasteiger partial charge >= 0.3 is 0 Å². The van der Waals surface area contributed by atoms with Crippen LogP contribution in [0.1, 0.15) is 12.5 Å². The van der Waals surface area contributed by atoms with E-state index in [0.29, 0.717) is 22.2 Å². The maximum Gasteiger partial charge on any atom is 0.268 e. The molecule has 160 valence electrons. The second-order valence-corrected chi connectivity index (χ2v) is 9.29. The van der Waals surface area contributed by atoms with Crippen LogP contribution in [0.15, 0.2) is 70.2 Å². The van der Waals surface area contributed by atoms with E-state index >= 15 is 0 Å². The summed E-state index contributed by atoms with van der Waals surface area (Å²) < 4.78 is 26.0. The zero-order valence-corrected chi connectivity index (χ0v) is 18.0. The smallest absolute Gasteiger partial charge is 0.268 e. The zero-order chi connectivity index (χ0) is 21.8. The van der Waals surface area contributed by atoms with Crippen LogP contribution in [0.5, 0.6) is 0 Å². The fourth-order valence-electron chi connectivity index (χ4n) is 3.03. The molecule has 0 spiro atoms. The molecule has 0 saturated carbocycles. The maximum atomic E-state index is 10.1. The Kier molecular flexibility index (Phi) is 6.10. The highest BCUT2D eigenvalue weighted by molar-refractivity contribution is 8.24. The summed E-state index contributed by atoms with van der Waals surface area (Å²) in [6.07, 6.45) is 3.20. The van der Waals surface area contributed by atoms with E-state index in [1.165, 1.54) is 0 Å². The summed E-state index contributed by atoms with van der Waals surface area (Å²) in [5, 5.41) is 11.4. The number of rotatable bonds is 7. The number of hydrogen-bond donors (Lipinski definition) is 3. The van der Waals surface area contributed by atoms with Crippen molar-refractivity contribution in [3.05, 3.63) is 66.5 Å². The molecule has 2 aromatic heterocycles. The predicted octanol–water partition coefficient (Wildman–Crippen LogP) is 4.71. The lowest BCUT2D eigenvalue weighted by atomic mass is 10.1. The van der Waals surface area contributed by atoms with Gasteiger partial charge in [0.15, 0.2) is 0 Å². The average Bonchev–Trinajstić information content (AvgIpc) is 3.30. The largest absolute Gasteiger partial charge is 0.415 e. The van der Waals surface area contributed by atoms with Crippen LogP contribution in [0.4, 0.5) is 0 Å². The standard InChI is InChI=1S/C22H23N5O3S/c1-3-31(28,29)18-10-8-16(9-11-18)19-13-24-14-20(25-19)22-27-26-21(30-22)17-6-4-15(5-7-17)12-23-2/h4-11,13-14,23,28-29H,3,12H2,1-2H3. The fourth-order valence-corrected chi connectivity index (χ4v) is 3.94. The summed E-state index contributed by atoms with van der Waals surface area (Å²) >= 11 is 0. The molecule has 2 heterocycles. The highest BCUT2D eigenvalue weighted by Gasteiger charge is 2.15. The Balaban J connectivity index is 1.58. The lowest BCUT2D eigenvalue weighted by Crippen LogP contribution is -2.04. The molecule has 0 amide bonds. The number of nitrogens with one attached hydrogen (secondary N) is 1. The minimum absolute atomic E-state index is 0.277. The summed E-state index contributed by atoms with van der Waals surface area (Å²) in [4.78, 5) is 9.34. The van der Waals surface area contributed by atoms with E-state index in [9.17, 15) is 9.11 Å². The number of aromatic nitrogens is 4. The molecule has 0 atom stereocenters. The molecule has 0 saturated heterocycles. The van der Waals surface area contributed by atoms with Crippen LogP contribution >= 0.6 is 10.6 Å². The van der Waals surface area contributed by atoms with Crippen LogP contribution in [-0.2, 0) is 6.54 Å². The van der Waals surface area contributed by atoms with E-state index in [1.54, 1.807) is 43.6 Å². The first kappa shape index (κ1) is 21.1. The first-order valence-electron chi connectivity index (χ1n) is 9.76. The van der Waals surface area contributed by atoms with E-state index in [-0.39, 0.29) is 11.6 Å². The van der Waals surface area contributed by atoms with Crippen molar-refractivity contribution >= 4 is 10.6 Å². The molecular formula is C22H23N5O3S. The van der Waals surface area contributed by atoms with Gasteiger partial charge < -0.3 is 9.73 Å². The highest BCUT2D eigenvalue weighted by Crippen LogP contribution is 2.47. The van der Waals surface area contributed by atoms with Crippen molar-refractivity contribution in [1.82, 2.24) is 25.5 Å². The SMILES string of the molecule is CCS(O)(O)c1ccc(-c2cncc(-c3nnc(-c4ccc(CNC)cc4)o3)n2)cc1. The van der Waals surface area contributed by atoms with Crippen molar-refractivity contribution in [3.63, 3.8) is 0 Å². The topological polar surface area (TPSA) is 117 Å². The van der Waals surface area contributed by atoms with Crippen molar-refractivity contribution in [2.24, 2.45) is 0 Å². The number of benzene rings is 2. The maximum absolute atomic E-state index is 10.1. The van der Waals surface area contributed by atoms with Gasteiger partial charge in [0.05, 0.1) is 23.0 Å². The third kappa shape index (κ3) is 4.64. The minimum atomic E-state index is -2.75. The van der Waals surface area contributed by atoms with Crippen LogP contribution < -0.4 is 5.32 Å². The van der Waals surface area contributed by atoms with Gasteiger partial charge in [-0.25, -0.2) is 4.98 Å². The number of hydrogen-bond acceptors (Lipinski definition) is 8. The summed E-state index contributed by atoms with van der Waals surface area (Å²) in [6.45, 7) is 2.53. The van der Waals surface area contributed by atoms with Gasteiger partial charge in [0.2, 0.25) is 5.89 Å². The summed E-state index contributed by atoms with van der Waals surface area (Å²) in [6, 6.07) is 14.9. The van der Waals surface area contributed by atoms with E-state index in [4.69, 9.17) is 4.42 Å². The quantitative estimate of drug-likeness (QED) is 0.380. The second-order valence-electron chi connectivity index (χ2n) is 6.91. The Labute approximate surface area is 181 Å². The molecule has 9 heteroatoms. The fraction of sp³-hybridized carbons (Fsp3) is 0.182. The van der Waals surface area contributed by atoms with Crippen molar-refractivity contribution in [2.45, 2.75) is 18.4 Å². The van der Waals surface area contributed by atoms with Gasteiger partial charge in [0.1, 0.15) is 5.69 Å². The van der Waals surface area contributed by atoms with Crippen LogP contribution in [0.2, 0.25) is 0 Å². The van der Waals surface area contributed by atoms with E-state index < -0.39 is 10.6 Å². The third-order valence-electron chi connectivity index (χ3n) is 4.79. The van der Waals surface area contributed by atoms with E-state index in [1.807, 2.05) is 31.3 Å². The average molecular weight is 438 g/mol. The van der Waals surface area contributed by atoms with Crippen LogP contribution in [0.25, 0.3) is 34.3 Å². The van der Waals surface area contributed by atoms with Gasteiger partial charge in [-0.15, -0.1) is 10.2 Å². The Bertz CT molecular complexity index is 1160. The molecular weight excluding hydrogens is 414 g/mol. The lowest BCUT2D eigenvalue weighted by Gasteiger charge is -2.30. The molecule has 0 radical (unpaired) electrons. The molecule has 2 aromatic carbocycles. The predicted molar refractivity (Wildman–Crippen MR) is 121 cm³/mol. The summed E-state index contributed by atoms with van der Waals surface area (Å²) in [7, 11) is -0.848. The summed E-state index contributed by atoms with van der Waals surface area (Å²) in [5.74, 6) is 0.965. The van der Waals surface area contributed by atoms with Gasteiger partial charge in [-0.1, -0.05) is 24.3 Å².